The summed E-state index contributed by atoms with van der Waals surface area (Å²) in [6.45, 7) is 0. The number of rotatable bonds is 5. The zero-order chi connectivity index (χ0) is 12.3. The number of alkyl halides is 7. The maximum Gasteiger partial charge on any atom is 0.527 e. The van der Waals surface area contributed by atoms with Crippen molar-refractivity contribution in [2.45, 2.75) is 17.7 Å². The van der Waals surface area contributed by atoms with Crippen molar-refractivity contribution in [2.24, 2.45) is 0 Å². The van der Waals surface area contributed by atoms with Gasteiger partial charge in [0.05, 0.1) is 0 Å². The molecule has 0 saturated carbocycles. The van der Waals surface area contributed by atoms with E-state index in [-0.39, 0.29) is 0 Å². The first-order valence-electron chi connectivity index (χ1n) is 2.69. The summed E-state index contributed by atoms with van der Waals surface area (Å²) in [7, 11) is 0. The molecule has 0 heterocycles. The van der Waals surface area contributed by atoms with Crippen molar-refractivity contribution < 1.29 is 50.1 Å². The summed E-state index contributed by atoms with van der Waals surface area (Å²) in [5.74, 6) is 0. The van der Waals surface area contributed by atoms with Gasteiger partial charge in [-0.25, -0.2) is 4.74 Å². The van der Waals surface area contributed by atoms with E-state index in [0.29, 0.717) is 0 Å². The van der Waals surface area contributed by atoms with E-state index in [4.69, 9.17) is 5.26 Å². The Labute approximate surface area is 81.0 Å². The van der Waals surface area contributed by atoms with Gasteiger partial charge in [-0.3, -0.25) is 5.04 Å². The van der Waals surface area contributed by atoms with Gasteiger partial charge >= 0.3 is 17.7 Å². The predicted octanol–water partition coefficient (Wildman–Crippen LogP) is 1.58. The fourth-order valence-electron chi connectivity index (χ4n) is 0.310. The summed E-state index contributed by atoms with van der Waals surface area (Å²) in [4.78, 5) is 0. The van der Waals surface area contributed by atoms with Crippen molar-refractivity contribution >= 4 is 12.0 Å². The third-order valence-electron chi connectivity index (χ3n) is 0.749. The lowest BCUT2D eigenvalue weighted by Crippen LogP contribution is -2.44. The molecule has 15 heavy (non-hydrogen) atoms. The average molecular weight is 265 g/mol. The maximum atomic E-state index is 12.2. The first-order valence-corrected chi connectivity index (χ1v) is 3.43. The Hall–Kier alpha value is -0.300. The lowest BCUT2D eigenvalue weighted by molar-refractivity contribution is -0.777. The number of hydrogen-bond donors (Lipinski definition) is 0. The molecule has 0 spiro atoms. The van der Waals surface area contributed by atoms with Crippen LogP contribution in [0.5, 0.6) is 0 Å². The Morgan fingerprint density at radius 3 is 1.73 bits per heavy atom. The van der Waals surface area contributed by atoms with Gasteiger partial charge < -0.3 is 5.26 Å². The highest BCUT2D eigenvalue weighted by molar-refractivity contribution is 7.95. The third-order valence-corrected chi connectivity index (χ3v) is 1.32. The Kier molecular flexibility index (Phi) is 4.60. The van der Waals surface area contributed by atoms with Crippen LogP contribution in [0.4, 0.5) is 30.7 Å². The second kappa shape index (κ2) is 4.69. The molecule has 0 aromatic heterocycles. The topological polar surface area (TPSA) is 50.8 Å². The van der Waals surface area contributed by atoms with Crippen molar-refractivity contribution in [1.82, 2.24) is 0 Å². The monoisotopic (exact) mass is 265 g/mol. The van der Waals surface area contributed by atoms with E-state index in [2.05, 4.69) is 9.37 Å². The predicted molar refractivity (Wildman–Crippen MR) is 26.8 cm³/mol. The van der Waals surface area contributed by atoms with Crippen LogP contribution in [0.25, 0.3) is 0 Å². The zero-order valence-corrected chi connectivity index (χ0v) is 7.00. The Morgan fingerprint density at radius 2 is 1.40 bits per heavy atom. The second-order valence-corrected chi connectivity index (χ2v) is 2.62. The number of ether oxygens (including phenoxy) is 1. The summed E-state index contributed by atoms with van der Waals surface area (Å²) < 4.78 is 86.8. The van der Waals surface area contributed by atoms with E-state index in [1.54, 1.807) is 0 Å². The molecule has 0 unspecified atom stereocenters. The quantitative estimate of drug-likeness (QED) is 0.327. The molecule has 4 nitrogen and oxygen atoms in total. The normalized spacial score (nSPS) is 14.4. The second-order valence-electron chi connectivity index (χ2n) is 1.80. The summed E-state index contributed by atoms with van der Waals surface area (Å²) >= 11 is -1.62. The molecule has 0 N–H and O–H groups in total. The largest absolute Gasteiger partial charge is 0.691 e. The number of halogens is 7. The van der Waals surface area contributed by atoms with Gasteiger partial charge in [0.2, 0.25) is 0 Å². The van der Waals surface area contributed by atoms with Crippen molar-refractivity contribution in [1.29, 1.82) is 0 Å². The van der Waals surface area contributed by atoms with Gasteiger partial charge in [0, 0.05) is 0 Å². The van der Waals surface area contributed by atoms with Gasteiger partial charge in [0.1, 0.15) is 12.0 Å². The van der Waals surface area contributed by atoms with Crippen LogP contribution in [0.15, 0.2) is 0 Å². The molecule has 0 aliphatic carbocycles. The molecule has 0 aliphatic rings. The van der Waals surface area contributed by atoms with E-state index < -0.39 is 29.8 Å². The Balaban J connectivity index is 4.54. The molecule has 0 aromatic rings. The van der Waals surface area contributed by atoms with E-state index in [9.17, 15) is 30.7 Å². The fourth-order valence-corrected chi connectivity index (χ4v) is 0.562. The van der Waals surface area contributed by atoms with Crippen LogP contribution in [-0.2, 0) is 14.1 Å². The van der Waals surface area contributed by atoms with Gasteiger partial charge in [-0.2, -0.15) is 21.9 Å². The van der Waals surface area contributed by atoms with Crippen molar-refractivity contribution in [3.63, 3.8) is 0 Å². The van der Waals surface area contributed by atoms with Gasteiger partial charge in [0.15, 0.2) is 0 Å². The molecule has 0 fully saturated rings. The zero-order valence-electron chi connectivity index (χ0n) is 6.19. The summed E-state index contributed by atoms with van der Waals surface area (Å²) in [6, 6.07) is 0. The Bertz CT molecular complexity index is 205. The molecular weight excluding hydrogens is 265 g/mol. The van der Waals surface area contributed by atoms with Crippen LogP contribution in [-0.4, -0.2) is 17.7 Å². The number of hydrogen-bond acceptors (Lipinski definition) is 5. The van der Waals surface area contributed by atoms with E-state index in [1.165, 1.54) is 0 Å². The average Bonchev–Trinajstić information content (AvgIpc) is 1.96. The highest BCUT2D eigenvalue weighted by Gasteiger charge is 2.64. The van der Waals surface area contributed by atoms with Gasteiger partial charge in [-0.1, -0.05) is 0 Å². The minimum Gasteiger partial charge on any atom is -0.691 e. The van der Waals surface area contributed by atoms with Crippen LogP contribution >= 0.6 is 12.0 Å². The van der Waals surface area contributed by atoms with Crippen LogP contribution in [0, 0.1) is 0 Å². The van der Waals surface area contributed by atoms with Gasteiger partial charge in [0.25, 0.3) is 0 Å². The van der Waals surface area contributed by atoms with Gasteiger partial charge in [-0.05, 0) is 0 Å². The van der Waals surface area contributed by atoms with Crippen LogP contribution in [0.1, 0.15) is 0 Å². The molecule has 0 aromatic carbocycles. The highest BCUT2D eigenvalue weighted by Crippen LogP contribution is 2.46. The minimum atomic E-state index is -5.98. The molecule has 12 heteroatoms. The molecular formula is C3F7O4S-. The molecule has 92 valence electrons. The Morgan fingerprint density at radius 1 is 0.933 bits per heavy atom. The van der Waals surface area contributed by atoms with Crippen molar-refractivity contribution in [2.75, 3.05) is 0 Å². The minimum absolute atomic E-state index is 1.62. The van der Waals surface area contributed by atoms with Crippen LogP contribution < -0.4 is 5.26 Å². The van der Waals surface area contributed by atoms with Crippen molar-refractivity contribution in [3.8, 4) is 0 Å². The smallest absolute Gasteiger partial charge is 0.527 e. The summed E-state index contributed by atoms with van der Waals surface area (Å²) in [5.41, 5.74) is 0. The molecule has 0 aliphatic heterocycles. The molecule has 0 rings (SSSR count). The summed E-state index contributed by atoms with van der Waals surface area (Å²) in [6.07, 6.45) is -11.9. The van der Waals surface area contributed by atoms with Crippen LogP contribution in [0.3, 0.4) is 0 Å². The summed E-state index contributed by atoms with van der Waals surface area (Å²) in [5, 5.41) is 5.82. The maximum absolute atomic E-state index is 12.2. The molecule has 0 amide bonds. The van der Waals surface area contributed by atoms with E-state index in [1.807, 2.05) is 4.74 Å². The molecule has 0 saturated heterocycles. The molecule has 0 radical (unpaired) electrons. The van der Waals surface area contributed by atoms with E-state index >= 15 is 0 Å². The third kappa shape index (κ3) is 4.83. The molecule has 0 bridgehead atoms. The van der Waals surface area contributed by atoms with Gasteiger partial charge in [-0.15, -0.1) is 13.2 Å². The lowest BCUT2D eigenvalue weighted by atomic mass is 10.6. The highest BCUT2D eigenvalue weighted by atomic mass is 32.2. The SMILES string of the molecule is [O-]OOSC(F)(F)C(F)(F)OC(F)(F)F. The molecule has 0 atom stereocenters. The van der Waals surface area contributed by atoms with E-state index in [0.717, 1.165) is 0 Å². The standard InChI is InChI=1S/C3HF7O4S/c4-1(5,12-3(8,9)10)2(6,7)15-14-13-11/h11H/p-1. The first kappa shape index (κ1) is 14.7. The first-order chi connectivity index (χ1) is 6.52. The fraction of sp³-hybridized carbons (Fsp3) is 1.00. The van der Waals surface area contributed by atoms with Crippen LogP contribution in [0.2, 0.25) is 0 Å². The lowest BCUT2D eigenvalue weighted by Gasteiger charge is -2.24. The van der Waals surface area contributed by atoms with Crippen molar-refractivity contribution in [3.05, 3.63) is 0 Å².